The molecule has 72 valence electrons. The fourth-order valence-electron chi connectivity index (χ4n) is 3.37. The van der Waals surface area contributed by atoms with Gasteiger partial charge in [-0.3, -0.25) is 4.90 Å². The Hall–Kier alpha value is -0.0151. The summed E-state index contributed by atoms with van der Waals surface area (Å²) in [6.07, 6.45) is 1.06. The molecule has 0 aromatic rings. The van der Waals surface area contributed by atoms with E-state index in [1.165, 1.54) is 0 Å². The van der Waals surface area contributed by atoms with Gasteiger partial charge in [-0.25, -0.2) is 0 Å². The minimum Gasteiger partial charge on any atom is -0.378 e. The largest absolute Gasteiger partial charge is 0.378 e. The van der Waals surface area contributed by atoms with Crippen LogP contribution in [0.25, 0.3) is 0 Å². The molecule has 2 radical (unpaired) electrons. The minimum absolute atomic E-state index is 0.0127. The third-order valence-electron chi connectivity index (χ3n) is 4.32. The lowest BCUT2D eigenvalue weighted by Gasteiger charge is -2.40. The summed E-state index contributed by atoms with van der Waals surface area (Å²) in [6.45, 7) is 6.70. The molecule has 13 heavy (non-hydrogen) atoms. The topological polar surface area (TPSA) is 12.5 Å². The summed E-state index contributed by atoms with van der Waals surface area (Å²) in [7, 11) is 8.12. The molecule has 3 heteroatoms. The van der Waals surface area contributed by atoms with Crippen molar-refractivity contribution in [2.24, 2.45) is 5.92 Å². The highest BCUT2D eigenvalue weighted by atomic mass is 16.5. The van der Waals surface area contributed by atoms with Crippen molar-refractivity contribution < 1.29 is 4.74 Å². The number of morpholine rings is 1. The van der Waals surface area contributed by atoms with Crippen molar-refractivity contribution in [3.63, 3.8) is 0 Å². The average Bonchev–Trinajstić information content (AvgIpc) is 2.44. The van der Waals surface area contributed by atoms with Gasteiger partial charge >= 0.3 is 0 Å². The lowest BCUT2D eigenvalue weighted by atomic mass is 9.82. The molecule has 2 bridgehead atoms. The first-order chi connectivity index (χ1) is 6.04. The quantitative estimate of drug-likeness (QED) is 0.556. The number of likely N-dealkylation sites (tertiary alicyclic amines) is 1. The standard InChI is InChI=1S/C10H18BNO/c1-5-10-6(2)8(9(11)13-10)12(4)7(10)3/h6-9H,5H2,1-4H3/t6-,7+,8?,9-,10-/m1/s1. The van der Waals surface area contributed by atoms with Crippen LogP contribution in [0.4, 0.5) is 0 Å². The Morgan fingerprint density at radius 3 is 2.46 bits per heavy atom. The molecule has 2 fully saturated rings. The summed E-state index contributed by atoms with van der Waals surface area (Å²) in [5.74, 6) is 0.562. The van der Waals surface area contributed by atoms with Crippen LogP contribution in [0.2, 0.25) is 0 Å². The first-order valence-electron chi connectivity index (χ1n) is 5.20. The molecular weight excluding hydrogens is 161 g/mol. The molecule has 0 amide bonds. The van der Waals surface area contributed by atoms with Gasteiger partial charge in [-0.05, 0) is 20.4 Å². The lowest BCUT2D eigenvalue weighted by molar-refractivity contribution is -0.0978. The first kappa shape index (κ1) is 9.54. The van der Waals surface area contributed by atoms with E-state index in [9.17, 15) is 0 Å². The van der Waals surface area contributed by atoms with E-state index in [-0.39, 0.29) is 11.6 Å². The van der Waals surface area contributed by atoms with E-state index >= 15 is 0 Å². The van der Waals surface area contributed by atoms with Gasteiger partial charge < -0.3 is 4.74 Å². The van der Waals surface area contributed by atoms with Gasteiger partial charge in [0.1, 0.15) is 7.85 Å². The SMILES string of the molecule is [B][C@@H]1O[C@]2(CC)[C@H](C)C1N(C)[C@H]2C. The number of ether oxygens (including phenoxy) is 1. The monoisotopic (exact) mass is 179 g/mol. The Morgan fingerprint density at radius 2 is 2.08 bits per heavy atom. The third-order valence-corrected chi connectivity index (χ3v) is 4.32. The van der Waals surface area contributed by atoms with Gasteiger partial charge in [0, 0.05) is 24.0 Å². The molecule has 0 aliphatic carbocycles. The molecule has 2 aliphatic rings. The fourth-order valence-corrected chi connectivity index (χ4v) is 3.37. The predicted octanol–water partition coefficient (Wildman–Crippen LogP) is 0.999. The maximum absolute atomic E-state index is 5.96. The molecule has 2 aliphatic heterocycles. The zero-order chi connectivity index (χ0) is 9.80. The molecule has 0 N–H and O–H groups in total. The van der Waals surface area contributed by atoms with Crippen LogP contribution >= 0.6 is 0 Å². The number of rotatable bonds is 1. The zero-order valence-electron chi connectivity index (χ0n) is 8.95. The Kier molecular flexibility index (Phi) is 2.01. The molecule has 1 unspecified atom stereocenters. The van der Waals surface area contributed by atoms with Crippen LogP contribution < -0.4 is 0 Å². The number of nitrogens with zero attached hydrogens (tertiary/aromatic N) is 1. The van der Waals surface area contributed by atoms with Gasteiger partial charge in [0.05, 0.1) is 5.60 Å². The second-order valence-corrected chi connectivity index (χ2v) is 4.51. The van der Waals surface area contributed by atoms with Crippen LogP contribution in [-0.2, 0) is 4.74 Å². The van der Waals surface area contributed by atoms with Crippen molar-refractivity contribution in [3.05, 3.63) is 0 Å². The first-order valence-corrected chi connectivity index (χ1v) is 5.20. The maximum atomic E-state index is 5.96. The normalized spacial score (nSPS) is 56.0. The van der Waals surface area contributed by atoms with E-state index in [2.05, 4.69) is 32.7 Å². The van der Waals surface area contributed by atoms with E-state index in [4.69, 9.17) is 12.6 Å². The summed E-state index contributed by atoms with van der Waals surface area (Å²) in [6, 6.07) is 0.823. The second-order valence-electron chi connectivity index (χ2n) is 4.51. The molecule has 5 atom stereocenters. The van der Waals surface area contributed by atoms with Crippen LogP contribution in [0.3, 0.4) is 0 Å². The summed E-state index contributed by atoms with van der Waals surface area (Å²) in [5, 5.41) is 0. The van der Waals surface area contributed by atoms with Crippen LogP contribution in [0.1, 0.15) is 27.2 Å². The third kappa shape index (κ3) is 0.923. The van der Waals surface area contributed by atoms with E-state index in [0.717, 1.165) is 6.42 Å². The Morgan fingerprint density at radius 1 is 1.46 bits per heavy atom. The molecule has 2 rings (SSSR count). The minimum atomic E-state index is -0.0869. The summed E-state index contributed by atoms with van der Waals surface area (Å²) < 4.78 is 5.93. The van der Waals surface area contributed by atoms with E-state index in [0.29, 0.717) is 18.0 Å². The van der Waals surface area contributed by atoms with Gasteiger partial charge in [-0.15, -0.1) is 0 Å². The molecule has 0 aromatic heterocycles. The Labute approximate surface area is 82.0 Å². The smallest absolute Gasteiger partial charge is 0.111 e. The van der Waals surface area contributed by atoms with Gasteiger partial charge in [0.15, 0.2) is 0 Å². The second kappa shape index (κ2) is 2.74. The number of hydrogen-bond acceptors (Lipinski definition) is 2. The zero-order valence-corrected chi connectivity index (χ0v) is 8.95. The summed E-state index contributed by atoms with van der Waals surface area (Å²) in [5.41, 5.74) is 0.0127. The molecule has 0 saturated carbocycles. The average molecular weight is 179 g/mol. The summed E-state index contributed by atoms with van der Waals surface area (Å²) in [4.78, 5) is 2.38. The molecule has 2 heterocycles. The fraction of sp³-hybridized carbons (Fsp3) is 1.00. The number of hydrogen-bond donors (Lipinski definition) is 0. The lowest BCUT2D eigenvalue weighted by Crippen LogP contribution is -2.52. The molecule has 2 saturated heterocycles. The molecule has 2 nitrogen and oxygen atoms in total. The predicted molar refractivity (Wildman–Crippen MR) is 53.8 cm³/mol. The highest BCUT2D eigenvalue weighted by molar-refractivity contribution is 6.12. The van der Waals surface area contributed by atoms with Crippen LogP contribution in [0, 0.1) is 5.92 Å². The highest BCUT2D eigenvalue weighted by Crippen LogP contribution is 2.50. The van der Waals surface area contributed by atoms with Crippen molar-refractivity contribution in [1.29, 1.82) is 0 Å². The molecule has 0 spiro atoms. The van der Waals surface area contributed by atoms with Gasteiger partial charge in [0.2, 0.25) is 0 Å². The van der Waals surface area contributed by atoms with Gasteiger partial charge in [0.25, 0.3) is 0 Å². The van der Waals surface area contributed by atoms with Gasteiger partial charge in [-0.2, -0.15) is 0 Å². The van der Waals surface area contributed by atoms with E-state index in [1.54, 1.807) is 0 Å². The number of likely N-dealkylation sites (N-methyl/N-ethyl adjacent to an activating group) is 1. The Bertz CT molecular complexity index is 223. The van der Waals surface area contributed by atoms with Crippen LogP contribution in [0.15, 0.2) is 0 Å². The van der Waals surface area contributed by atoms with Crippen molar-refractivity contribution >= 4 is 7.85 Å². The van der Waals surface area contributed by atoms with Crippen molar-refractivity contribution in [1.82, 2.24) is 4.90 Å². The van der Waals surface area contributed by atoms with Crippen LogP contribution in [-0.4, -0.2) is 43.5 Å². The van der Waals surface area contributed by atoms with Crippen molar-refractivity contribution in [2.75, 3.05) is 7.05 Å². The highest BCUT2D eigenvalue weighted by Gasteiger charge is 2.61. The van der Waals surface area contributed by atoms with Crippen molar-refractivity contribution in [3.8, 4) is 0 Å². The number of fused-ring (bicyclic) bond motifs is 2. The summed E-state index contributed by atoms with van der Waals surface area (Å²) >= 11 is 0. The van der Waals surface area contributed by atoms with Crippen LogP contribution in [0.5, 0.6) is 0 Å². The Balaban J connectivity index is 2.36. The van der Waals surface area contributed by atoms with Crippen molar-refractivity contribution in [2.45, 2.75) is 50.9 Å². The molecular formula is C10H18BNO. The van der Waals surface area contributed by atoms with E-state index < -0.39 is 0 Å². The maximum Gasteiger partial charge on any atom is 0.111 e. The molecule has 0 aromatic carbocycles. The van der Waals surface area contributed by atoms with E-state index in [1.807, 2.05) is 0 Å². The van der Waals surface area contributed by atoms with Gasteiger partial charge in [-0.1, -0.05) is 13.8 Å².